The lowest BCUT2D eigenvalue weighted by Crippen LogP contribution is -2.61. The molecule has 0 spiro atoms. The van der Waals surface area contributed by atoms with Crippen LogP contribution in [-0.2, 0) is 20.0 Å². The van der Waals surface area contributed by atoms with Gasteiger partial charge in [0, 0.05) is 58.9 Å². The lowest BCUT2D eigenvalue weighted by Gasteiger charge is -2.43. The van der Waals surface area contributed by atoms with Gasteiger partial charge in [-0.15, -0.1) is 0 Å². The molecule has 0 bridgehead atoms. The molecule has 3 heterocycles. The van der Waals surface area contributed by atoms with E-state index in [2.05, 4.69) is 27.1 Å². The molecule has 0 saturated carbocycles. The maximum Gasteiger partial charge on any atom is 0.0863 e. The van der Waals surface area contributed by atoms with Gasteiger partial charge in [-0.3, -0.25) is 14.5 Å². The van der Waals surface area contributed by atoms with Crippen LogP contribution in [-0.4, -0.2) is 64.9 Å². The number of hydrogen-bond donors (Lipinski definition) is 1. The van der Waals surface area contributed by atoms with Crippen molar-refractivity contribution in [2.45, 2.75) is 25.9 Å². The zero-order valence-corrected chi connectivity index (χ0v) is 13.2. The number of hydrogen-bond acceptors (Lipinski definition) is 4. The van der Waals surface area contributed by atoms with Crippen molar-refractivity contribution in [2.75, 3.05) is 39.3 Å². The van der Waals surface area contributed by atoms with E-state index in [1.54, 1.807) is 0 Å². The molecule has 1 N–H and O–H groups in total. The Hall–Kier alpha value is -0.620. The van der Waals surface area contributed by atoms with E-state index in [0.717, 1.165) is 61.6 Å². The molecule has 0 unspecified atom stereocenters. The smallest absolute Gasteiger partial charge is 0.0863 e. The molecule has 2 aliphatic heterocycles. The predicted octanol–water partition coefficient (Wildman–Crippen LogP) is 0.725. The third-order valence-corrected chi connectivity index (χ3v) is 5.00. The molecular formula is C14H24ClN5. The average Bonchev–Trinajstić information content (AvgIpc) is 2.66. The van der Waals surface area contributed by atoms with Crippen LogP contribution in [0.4, 0.5) is 0 Å². The predicted molar refractivity (Wildman–Crippen MR) is 81.1 cm³/mol. The summed E-state index contributed by atoms with van der Waals surface area (Å²) >= 11 is 6.43. The number of nitrogens with one attached hydrogen (secondary N) is 1. The van der Waals surface area contributed by atoms with Gasteiger partial charge >= 0.3 is 0 Å². The summed E-state index contributed by atoms with van der Waals surface area (Å²) in [6.07, 6.45) is 0.898. The fraction of sp³-hybridized carbons (Fsp3) is 0.786. The highest BCUT2D eigenvalue weighted by atomic mass is 35.5. The summed E-state index contributed by atoms with van der Waals surface area (Å²) < 4.78 is 1.95. The van der Waals surface area contributed by atoms with E-state index in [9.17, 15) is 0 Å². The quantitative estimate of drug-likeness (QED) is 0.889. The number of piperazine rings is 1. The van der Waals surface area contributed by atoms with Crippen molar-refractivity contribution in [3.05, 3.63) is 16.4 Å². The first-order valence-electron chi connectivity index (χ1n) is 7.56. The van der Waals surface area contributed by atoms with E-state index < -0.39 is 0 Å². The van der Waals surface area contributed by atoms with Crippen LogP contribution in [0.1, 0.15) is 18.3 Å². The molecule has 2 aliphatic rings. The molecule has 1 aromatic heterocycles. The number of halogens is 1. The van der Waals surface area contributed by atoms with Gasteiger partial charge in [-0.2, -0.15) is 5.10 Å². The van der Waals surface area contributed by atoms with Crippen molar-refractivity contribution in [1.29, 1.82) is 0 Å². The van der Waals surface area contributed by atoms with Gasteiger partial charge in [-0.1, -0.05) is 18.5 Å². The van der Waals surface area contributed by atoms with Crippen LogP contribution in [0.5, 0.6) is 0 Å². The molecule has 20 heavy (non-hydrogen) atoms. The summed E-state index contributed by atoms with van der Waals surface area (Å²) in [6, 6.07) is 0.768. The Bertz CT molecular complexity index is 460. The minimum absolute atomic E-state index is 0.768. The van der Waals surface area contributed by atoms with Gasteiger partial charge in [-0.25, -0.2) is 0 Å². The van der Waals surface area contributed by atoms with Gasteiger partial charge in [0.1, 0.15) is 0 Å². The molecule has 112 valence electrons. The second-order valence-electron chi connectivity index (χ2n) is 5.81. The Labute approximate surface area is 125 Å². The molecule has 0 atom stereocenters. The number of rotatable bonds is 4. The van der Waals surface area contributed by atoms with Crippen molar-refractivity contribution in [3.63, 3.8) is 0 Å². The lowest BCUT2D eigenvalue weighted by atomic mass is 10.1. The highest BCUT2D eigenvalue weighted by molar-refractivity contribution is 6.31. The standard InChI is InChI=1S/C14H24ClN5/c1-3-12-14(15)13(18(2)17-12)10-19-4-6-20(7-5-19)11-8-16-9-11/h11,16H,3-10H2,1-2H3. The van der Waals surface area contributed by atoms with Crippen LogP contribution < -0.4 is 5.32 Å². The van der Waals surface area contributed by atoms with Crippen molar-refractivity contribution in [2.24, 2.45) is 7.05 Å². The first-order valence-corrected chi connectivity index (χ1v) is 7.94. The van der Waals surface area contributed by atoms with Crippen molar-refractivity contribution in [3.8, 4) is 0 Å². The fourth-order valence-electron chi connectivity index (χ4n) is 3.02. The first kappa shape index (κ1) is 14.3. The second-order valence-corrected chi connectivity index (χ2v) is 6.19. The second kappa shape index (κ2) is 6.02. The monoisotopic (exact) mass is 297 g/mol. The molecule has 6 heteroatoms. The summed E-state index contributed by atoms with van der Waals surface area (Å²) in [7, 11) is 2.00. The summed E-state index contributed by atoms with van der Waals surface area (Å²) in [5, 5.41) is 8.71. The van der Waals surface area contributed by atoms with Gasteiger partial charge in [0.25, 0.3) is 0 Å². The summed E-state index contributed by atoms with van der Waals surface area (Å²) in [5.74, 6) is 0. The van der Waals surface area contributed by atoms with Crippen molar-refractivity contribution in [1.82, 2.24) is 24.9 Å². The van der Waals surface area contributed by atoms with Crippen LogP contribution in [0.25, 0.3) is 0 Å². The van der Waals surface area contributed by atoms with E-state index >= 15 is 0 Å². The van der Waals surface area contributed by atoms with Crippen molar-refractivity contribution >= 4 is 11.6 Å². The van der Waals surface area contributed by atoms with E-state index in [-0.39, 0.29) is 0 Å². The summed E-state index contributed by atoms with van der Waals surface area (Å²) in [5.41, 5.74) is 2.17. The van der Waals surface area contributed by atoms with Crippen molar-refractivity contribution < 1.29 is 0 Å². The maximum atomic E-state index is 6.43. The average molecular weight is 298 g/mol. The van der Waals surface area contributed by atoms with Crippen LogP contribution in [0.15, 0.2) is 0 Å². The third kappa shape index (κ3) is 2.72. The molecule has 1 aromatic rings. The SMILES string of the molecule is CCc1nn(C)c(CN2CCN(C3CNC3)CC2)c1Cl. The Morgan fingerprint density at radius 2 is 1.95 bits per heavy atom. The van der Waals surface area contributed by atoms with E-state index in [1.807, 2.05) is 11.7 Å². The Morgan fingerprint density at radius 1 is 1.25 bits per heavy atom. The molecule has 0 aromatic carbocycles. The molecule has 2 fully saturated rings. The molecule has 0 aliphatic carbocycles. The van der Waals surface area contributed by atoms with Crippen LogP contribution in [0.2, 0.25) is 5.02 Å². The normalized spacial score (nSPS) is 22.1. The highest BCUT2D eigenvalue weighted by Crippen LogP contribution is 2.23. The zero-order chi connectivity index (χ0) is 14.1. The van der Waals surface area contributed by atoms with Gasteiger partial charge in [0.2, 0.25) is 0 Å². The molecule has 5 nitrogen and oxygen atoms in total. The van der Waals surface area contributed by atoms with E-state index in [1.165, 1.54) is 13.1 Å². The Kier molecular flexibility index (Phi) is 4.31. The Balaban J connectivity index is 1.58. The van der Waals surface area contributed by atoms with E-state index in [4.69, 9.17) is 11.6 Å². The molecule has 0 radical (unpaired) electrons. The Morgan fingerprint density at radius 3 is 2.45 bits per heavy atom. The molecular weight excluding hydrogens is 274 g/mol. The first-order chi connectivity index (χ1) is 9.69. The molecule has 2 saturated heterocycles. The number of aryl methyl sites for hydroxylation is 2. The minimum Gasteiger partial charge on any atom is -0.314 e. The largest absolute Gasteiger partial charge is 0.314 e. The topological polar surface area (TPSA) is 36.3 Å². The summed E-state index contributed by atoms with van der Waals surface area (Å²) in [4.78, 5) is 5.10. The number of aromatic nitrogens is 2. The van der Waals surface area contributed by atoms with Crippen LogP contribution in [0.3, 0.4) is 0 Å². The summed E-state index contributed by atoms with van der Waals surface area (Å²) in [6.45, 7) is 9.92. The lowest BCUT2D eigenvalue weighted by molar-refractivity contribution is 0.0685. The van der Waals surface area contributed by atoms with Gasteiger partial charge in [0.15, 0.2) is 0 Å². The third-order valence-electron chi connectivity index (χ3n) is 4.56. The zero-order valence-electron chi connectivity index (χ0n) is 12.4. The molecule has 3 rings (SSSR count). The highest BCUT2D eigenvalue weighted by Gasteiger charge is 2.28. The van der Waals surface area contributed by atoms with Gasteiger partial charge < -0.3 is 5.32 Å². The van der Waals surface area contributed by atoms with E-state index in [0.29, 0.717) is 0 Å². The molecule has 0 amide bonds. The van der Waals surface area contributed by atoms with Crippen LogP contribution >= 0.6 is 11.6 Å². The number of nitrogens with zero attached hydrogens (tertiary/aromatic N) is 4. The van der Waals surface area contributed by atoms with Gasteiger partial charge in [0.05, 0.1) is 16.4 Å². The fourth-order valence-corrected chi connectivity index (χ4v) is 3.38. The van der Waals surface area contributed by atoms with Crippen LogP contribution in [0, 0.1) is 0 Å². The minimum atomic E-state index is 0.768. The van der Waals surface area contributed by atoms with Gasteiger partial charge in [-0.05, 0) is 6.42 Å². The maximum absolute atomic E-state index is 6.43.